The Bertz CT molecular complexity index is 321. The highest BCUT2D eigenvalue weighted by Crippen LogP contribution is 2.14. The fourth-order valence-electron chi connectivity index (χ4n) is 1.56. The standard InChI is InChI=1S/C15H22OS/c1-3-13(2)17-12-15(16)11-7-10-14-8-5-4-6-9-14/h4-6,8-9,13H,3,7,10-12H2,1-2H3. The molecule has 17 heavy (non-hydrogen) atoms. The summed E-state index contributed by atoms with van der Waals surface area (Å²) in [6.45, 7) is 4.35. The van der Waals surface area contributed by atoms with Gasteiger partial charge in [0.05, 0.1) is 5.75 Å². The number of hydrogen-bond donors (Lipinski definition) is 0. The summed E-state index contributed by atoms with van der Waals surface area (Å²) in [5.41, 5.74) is 1.33. The Kier molecular flexibility index (Phi) is 7.02. The predicted molar refractivity (Wildman–Crippen MR) is 76.6 cm³/mol. The van der Waals surface area contributed by atoms with Gasteiger partial charge in [-0.2, -0.15) is 11.8 Å². The maximum atomic E-state index is 11.6. The van der Waals surface area contributed by atoms with Crippen molar-refractivity contribution >= 4 is 17.5 Å². The number of carbonyl (C=O) groups excluding carboxylic acids is 1. The molecule has 1 atom stereocenters. The van der Waals surface area contributed by atoms with Gasteiger partial charge < -0.3 is 0 Å². The van der Waals surface area contributed by atoms with Crippen molar-refractivity contribution < 1.29 is 4.79 Å². The van der Waals surface area contributed by atoms with Gasteiger partial charge in [-0.15, -0.1) is 0 Å². The third-order valence-electron chi connectivity index (χ3n) is 2.87. The van der Waals surface area contributed by atoms with Crippen LogP contribution in [-0.4, -0.2) is 16.8 Å². The second-order valence-electron chi connectivity index (χ2n) is 4.41. The van der Waals surface area contributed by atoms with Gasteiger partial charge in [0.1, 0.15) is 5.78 Å². The van der Waals surface area contributed by atoms with Gasteiger partial charge in [-0.25, -0.2) is 0 Å². The van der Waals surface area contributed by atoms with Gasteiger partial charge in [0.15, 0.2) is 0 Å². The molecule has 0 aliphatic heterocycles. The average Bonchev–Trinajstić information content (AvgIpc) is 2.37. The summed E-state index contributed by atoms with van der Waals surface area (Å²) >= 11 is 1.78. The normalized spacial score (nSPS) is 12.4. The smallest absolute Gasteiger partial charge is 0.142 e. The Hall–Kier alpha value is -0.760. The fraction of sp³-hybridized carbons (Fsp3) is 0.533. The summed E-state index contributed by atoms with van der Waals surface area (Å²) in [5, 5.41) is 0.605. The molecule has 1 unspecified atom stereocenters. The van der Waals surface area contributed by atoms with Crippen molar-refractivity contribution in [3.63, 3.8) is 0 Å². The maximum absolute atomic E-state index is 11.6. The molecule has 0 bridgehead atoms. The van der Waals surface area contributed by atoms with Crippen LogP contribution in [0.3, 0.4) is 0 Å². The zero-order valence-electron chi connectivity index (χ0n) is 10.8. The van der Waals surface area contributed by atoms with Crippen LogP contribution in [0.5, 0.6) is 0 Å². The Morgan fingerprint density at radius 1 is 1.29 bits per heavy atom. The van der Waals surface area contributed by atoms with Crippen LogP contribution in [0.4, 0.5) is 0 Å². The number of ketones is 1. The Labute approximate surface area is 109 Å². The molecule has 0 heterocycles. The summed E-state index contributed by atoms with van der Waals surface area (Å²) in [6.07, 6.45) is 3.85. The second-order valence-corrected chi connectivity index (χ2v) is 5.83. The summed E-state index contributed by atoms with van der Waals surface area (Å²) in [4.78, 5) is 11.6. The lowest BCUT2D eigenvalue weighted by molar-refractivity contribution is -0.116. The first-order valence-electron chi connectivity index (χ1n) is 6.39. The molecular formula is C15H22OS. The third-order valence-corrected chi connectivity index (χ3v) is 4.26. The lowest BCUT2D eigenvalue weighted by Crippen LogP contribution is -2.05. The Balaban J connectivity index is 2.12. The van der Waals surface area contributed by atoms with Crippen molar-refractivity contribution in [2.75, 3.05) is 5.75 Å². The van der Waals surface area contributed by atoms with E-state index < -0.39 is 0 Å². The van der Waals surface area contributed by atoms with Crippen molar-refractivity contribution in [2.45, 2.75) is 44.8 Å². The first-order chi connectivity index (χ1) is 8.22. The van der Waals surface area contributed by atoms with E-state index in [0.717, 1.165) is 25.7 Å². The number of thioether (sulfide) groups is 1. The van der Waals surface area contributed by atoms with E-state index in [4.69, 9.17) is 0 Å². The van der Waals surface area contributed by atoms with Gasteiger partial charge in [0.2, 0.25) is 0 Å². The molecule has 0 saturated carbocycles. The van der Waals surface area contributed by atoms with Crippen LogP contribution in [0.25, 0.3) is 0 Å². The van der Waals surface area contributed by atoms with E-state index in [9.17, 15) is 4.79 Å². The first-order valence-corrected chi connectivity index (χ1v) is 7.44. The predicted octanol–water partition coefficient (Wildman–Crippen LogP) is 4.11. The quantitative estimate of drug-likeness (QED) is 0.690. The summed E-state index contributed by atoms with van der Waals surface area (Å²) in [5.74, 6) is 1.08. The molecule has 0 saturated heterocycles. The molecule has 1 rings (SSSR count). The molecule has 0 spiro atoms. The van der Waals surface area contributed by atoms with Gasteiger partial charge in [0.25, 0.3) is 0 Å². The van der Waals surface area contributed by atoms with Crippen LogP contribution in [0.15, 0.2) is 30.3 Å². The molecule has 2 heteroatoms. The van der Waals surface area contributed by atoms with Crippen LogP contribution in [0.1, 0.15) is 38.7 Å². The number of hydrogen-bond acceptors (Lipinski definition) is 2. The lowest BCUT2D eigenvalue weighted by atomic mass is 10.1. The second kappa shape index (κ2) is 8.35. The van der Waals surface area contributed by atoms with E-state index in [0.29, 0.717) is 16.8 Å². The molecular weight excluding hydrogens is 228 g/mol. The van der Waals surface area contributed by atoms with E-state index >= 15 is 0 Å². The largest absolute Gasteiger partial charge is 0.299 e. The number of aryl methyl sites for hydroxylation is 1. The van der Waals surface area contributed by atoms with Crippen LogP contribution in [-0.2, 0) is 11.2 Å². The zero-order valence-corrected chi connectivity index (χ0v) is 11.6. The van der Waals surface area contributed by atoms with Gasteiger partial charge in [-0.1, -0.05) is 44.2 Å². The van der Waals surface area contributed by atoms with Gasteiger partial charge in [-0.05, 0) is 24.8 Å². The highest BCUT2D eigenvalue weighted by Gasteiger charge is 2.05. The van der Waals surface area contributed by atoms with Crippen molar-refractivity contribution in [2.24, 2.45) is 0 Å². The molecule has 1 aromatic carbocycles. The molecule has 94 valence electrons. The van der Waals surface area contributed by atoms with Gasteiger partial charge in [0, 0.05) is 11.7 Å². The van der Waals surface area contributed by atoms with E-state index in [-0.39, 0.29) is 0 Å². The first kappa shape index (κ1) is 14.3. The zero-order chi connectivity index (χ0) is 12.5. The minimum atomic E-state index is 0.395. The van der Waals surface area contributed by atoms with Crippen LogP contribution in [0, 0.1) is 0 Å². The molecule has 0 amide bonds. The monoisotopic (exact) mass is 250 g/mol. The summed E-state index contributed by atoms with van der Waals surface area (Å²) < 4.78 is 0. The van der Waals surface area contributed by atoms with E-state index in [2.05, 4.69) is 38.1 Å². The number of benzene rings is 1. The molecule has 0 aromatic heterocycles. The third kappa shape index (κ3) is 6.52. The van der Waals surface area contributed by atoms with Gasteiger partial charge in [-0.3, -0.25) is 4.79 Å². The molecule has 0 aliphatic rings. The number of carbonyl (C=O) groups is 1. The Morgan fingerprint density at radius 3 is 2.65 bits per heavy atom. The SMILES string of the molecule is CCC(C)SCC(=O)CCCc1ccccc1. The van der Waals surface area contributed by atoms with Crippen LogP contribution >= 0.6 is 11.8 Å². The minimum Gasteiger partial charge on any atom is -0.299 e. The van der Waals surface area contributed by atoms with Crippen LogP contribution < -0.4 is 0 Å². The average molecular weight is 250 g/mol. The topological polar surface area (TPSA) is 17.1 Å². The molecule has 0 radical (unpaired) electrons. The highest BCUT2D eigenvalue weighted by molar-refractivity contribution is 8.00. The van der Waals surface area contributed by atoms with Gasteiger partial charge >= 0.3 is 0 Å². The highest BCUT2D eigenvalue weighted by atomic mass is 32.2. The van der Waals surface area contributed by atoms with Crippen LogP contribution in [0.2, 0.25) is 0 Å². The molecule has 1 aromatic rings. The Morgan fingerprint density at radius 2 is 2.00 bits per heavy atom. The van der Waals surface area contributed by atoms with E-state index in [1.807, 2.05) is 6.07 Å². The number of Topliss-reactive ketones (excluding diaryl/α,β-unsaturated/α-hetero) is 1. The van der Waals surface area contributed by atoms with Crippen molar-refractivity contribution in [1.29, 1.82) is 0 Å². The van der Waals surface area contributed by atoms with Crippen molar-refractivity contribution in [1.82, 2.24) is 0 Å². The summed E-state index contributed by atoms with van der Waals surface area (Å²) in [6, 6.07) is 10.4. The fourth-order valence-corrected chi connectivity index (χ4v) is 2.41. The molecule has 0 N–H and O–H groups in total. The minimum absolute atomic E-state index is 0.395. The molecule has 0 fully saturated rings. The summed E-state index contributed by atoms with van der Waals surface area (Å²) in [7, 11) is 0. The maximum Gasteiger partial charge on any atom is 0.142 e. The lowest BCUT2D eigenvalue weighted by Gasteiger charge is -2.07. The van der Waals surface area contributed by atoms with E-state index in [1.165, 1.54) is 5.56 Å². The van der Waals surface area contributed by atoms with Crippen molar-refractivity contribution in [3.05, 3.63) is 35.9 Å². The molecule has 0 aliphatic carbocycles. The number of rotatable bonds is 8. The van der Waals surface area contributed by atoms with Crippen molar-refractivity contribution in [3.8, 4) is 0 Å². The molecule has 1 nitrogen and oxygen atoms in total. The van der Waals surface area contributed by atoms with E-state index in [1.54, 1.807) is 11.8 Å².